The number of aliphatic hydroxyl groups is 1. The first-order valence-electron chi connectivity index (χ1n) is 17.9. The lowest BCUT2D eigenvalue weighted by Crippen LogP contribution is -2.61. The van der Waals surface area contributed by atoms with Gasteiger partial charge >= 0.3 is 5.97 Å². The van der Waals surface area contributed by atoms with Gasteiger partial charge in [0, 0.05) is 0 Å². The molecule has 12 N–H and O–H groups in total. The summed E-state index contributed by atoms with van der Waals surface area (Å²) in [6.45, 7) is 14.8. The maximum Gasteiger partial charge on any atom is 0.325 e. The quantitative estimate of drug-likeness (QED) is 0.0488. The summed E-state index contributed by atoms with van der Waals surface area (Å²) in [6.07, 6.45) is -1.15. The number of aliphatic hydroxyl groups excluding tert-OH is 1. The molecule has 0 saturated heterocycles. The van der Waals surface area contributed by atoms with Gasteiger partial charge in [0.1, 0.15) is 42.3 Å². The van der Waals surface area contributed by atoms with E-state index in [4.69, 9.17) is 5.73 Å². The predicted molar refractivity (Wildman–Crippen MR) is 196 cm³/mol. The lowest BCUT2D eigenvalue weighted by molar-refractivity contribution is -0.142. The molecule has 0 bridgehead atoms. The fourth-order valence-corrected chi connectivity index (χ4v) is 4.81. The number of carboxylic acid groups (broad SMARTS) is 1. The van der Waals surface area contributed by atoms with E-state index in [1.807, 2.05) is 13.8 Å². The van der Waals surface area contributed by atoms with Gasteiger partial charge in [0.15, 0.2) is 0 Å². The largest absolute Gasteiger partial charge is 0.480 e. The molecule has 0 radical (unpaired) electrons. The average molecular weight is 772 g/mol. The SMILES string of the molecule is CC(C)C[C@H](NC(=O)[C@H](C)NC(=O)[C@@H](NC(=O)[C@@H](NC(=O)CNC(=O)[C@H](C)NC(=O)CN)C(C)C)[C@@H](C)O)C(=O)N[C@@H](CC(C)C)C(=O)N[C@@H](C)C(=O)O. The molecule has 0 spiro atoms. The topological polar surface area (TPSA) is 316 Å². The molecule has 0 aliphatic rings. The van der Waals surface area contributed by atoms with Crippen LogP contribution in [0.4, 0.5) is 0 Å². The van der Waals surface area contributed by atoms with Crippen LogP contribution in [0.2, 0.25) is 0 Å². The van der Waals surface area contributed by atoms with Crippen molar-refractivity contribution in [2.45, 2.75) is 130 Å². The second-order valence-corrected chi connectivity index (χ2v) is 14.4. The van der Waals surface area contributed by atoms with Gasteiger partial charge in [0.05, 0.1) is 19.2 Å². The van der Waals surface area contributed by atoms with E-state index in [1.165, 1.54) is 27.7 Å². The van der Waals surface area contributed by atoms with Crippen LogP contribution in [0.5, 0.6) is 0 Å². The van der Waals surface area contributed by atoms with Crippen LogP contribution in [0.1, 0.15) is 82.1 Å². The van der Waals surface area contributed by atoms with E-state index in [9.17, 15) is 53.4 Å². The van der Waals surface area contributed by atoms with Gasteiger partial charge in [-0.05, 0) is 58.3 Å². The molecule has 0 aromatic rings. The molecule has 0 aromatic heterocycles. The van der Waals surface area contributed by atoms with Crippen LogP contribution in [0, 0.1) is 17.8 Å². The highest BCUT2D eigenvalue weighted by Gasteiger charge is 2.34. The van der Waals surface area contributed by atoms with Crippen LogP contribution < -0.4 is 48.3 Å². The standard InChI is InChI=1S/C34H61N9O11/c1-15(2)11-22(30(49)39-20(9)34(53)54)41-31(50)23(12-16(3)4)40-29(48)19(8)38-33(52)27(21(10)44)43-32(51)26(17(5)6)42-25(46)14-36-28(47)18(7)37-24(45)13-35/h15-23,26-27,44H,11-14,35H2,1-10H3,(H,36,47)(H,37,45)(H,38,52)(H,39,49)(H,40,48)(H,41,50)(H,42,46)(H,43,51)(H,53,54)/t18-,19-,20-,21+,22-,23-,26-,27-/m0/s1. The molecular formula is C34H61N9O11. The van der Waals surface area contributed by atoms with Gasteiger partial charge < -0.3 is 58.5 Å². The normalized spacial score (nSPS) is 15.6. The van der Waals surface area contributed by atoms with Gasteiger partial charge in [-0.2, -0.15) is 0 Å². The maximum atomic E-state index is 13.4. The number of amides is 8. The van der Waals surface area contributed by atoms with E-state index in [0.29, 0.717) is 0 Å². The van der Waals surface area contributed by atoms with Crippen LogP contribution in [-0.4, -0.2) is 125 Å². The Bertz CT molecular complexity index is 1340. The highest BCUT2D eigenvalue weighted by atomic mass is 16.4. The van der Waals surface area contributed by atoms with E-state index in [-0.39, 0.29) is 31.2 Å². The van der Waals surface area contributed by atoms with Crippen molar-refractivity contribution in [3.63, 3.8) is 0 Å². The van der Waals surface area contributed by atoms with Crippen molar-refractivity contribution in [2.24, 2.45) is 23.5 Å². The van der Waals surface area contributed by atoms with Crippen molar-refractivity contribution in [1.82, 2.24) is 42.5 Å². The fraction of sp³-hybridized carbons (Fsp3) is 0.735. The lowest BCUT2D eigenvalue weighted by atomic mass is 9.99. The number of carboxylic acids is 1. The molecule has 0 heterocycles. The Hall–Kier alpha value is -4.85. The van der Waals surface area contributed by atoms with Crippen molar-refractivity contribution in [1.29, 1.82) is 0 Å². The number of rotatable bonds is 23. The summed E-state index contributed by atoms with van der Waals surface area (Å²) in [5.41, 5.74) is 5.21. The molecule has 20 nitrogen and oxygen atoms in total. The minimum atomic E-state index is -1.59. The Kier molecular flexibility index (Phi) is 21.6. The molecule has 0 saturated carbocycles. The average Bonchev–Trinajstić information content (AvgIpc) is 3.06. The van der Waals surface area contributed by atoms with Crippen molar-refractivity contribution < 1.29 is 53.4 Å². The first-order valence-corrected chi connectivity index (χ1v) is 17.9. The van der Waals surface area contributed by atoms with Gasteiger partial charge in [-0.25, -0.2) is 0 Å². The lowest BCUT2D eigenvalue weighted by Gasteiger charge is -2.28. The Morgan fingerprint density at radius 2 is 0.944 bits per heavy atom. The molecule has 0 rings (SSSR count). The Labute approximate surface area is 316 Å². The molecule has 20 heteroatoms. The molecule has 308 valence electrons. The van der Waals surface area contributed by atoms with Crippen molar-refractivity contribution in [3.05, 3.63) is 0 Å². The Balaban J connectivity index is 5.68. The molecule has 8 amide bonds. The molecule has 0 unspecified atom stereocenters. The summed E-state index contributed by atoms with van der Waals surface area (Å²) in [4.78, 5) is 113. The van der Waals surface area contributed by atoms with Gasteiger partial charge in [-0.3, -0.25) is 43.2 Å². The number of hydrogen-bond donors (Lipinski definition) is 11. The maximum absolute atomic E-state index is 13.4. The molecule has 0 fully saturated rings. The number of carbonyl (C=O) groups is 9. The fourth-order valence-electron chi connectivity index (χ4n) is 4.81. The Morgan fingerprint density at radius 3 is 1.39 bits per heavy atom. The van der Waals surface area contributed by atoms with Crippen molar-refractivity contribution in [3.8, 4) is 0 Å². The third kappa shape index (κ3) is 18.3. The smallest absolute Gasteiger partial charge is 0.325 e. The summed E-state index contributed by atoms with van der Waals surface area (Å²) in [6, 6.07) is -8.54. The third-order valence-corrected chi connectivity index (χ3v) is 7.87. The van der Waals surface area contributed by atoms with Crippen molar-refractivity contribution >= 4 is 53.2 Å². The van der Waals surface area contributed by atoms with E-state index >= 15 is 0 Å². The number of hydrogen-bond acceptors (Lipinski definition) is 11. The van der Waals surface area contributed by atoms with Crippen LogP contribution in [0.3, 0.4) is 0 Å². The number of aliphatic carboxylic acids is 1. The van der Waals surface area contributed by atoms with E-state index in [0.717, 1.165) is 0 Å². The second kappa shape index (κ2) is 23.7. The number of nitrogens with one attached hydrogen (secondary N) is 8. The molecule has 0 aliphatic carbocycles. The first-order chi connectivity index (χ1) is 24.9. The summed E-state index contributed by atoms with van der Waals surface area (Å²) in [5, 5.41) is 39.0. The highest BCUT2D eigenvalue weighted by Crippen LogP contribution is 2.10. The molecule has 54 heavy (non-hydrogen) atoms. The predicted octanol–water partition coefficient (Wildman–Crippen LogP) is -3.27. The summed E-state index contributed by atoms with van der Waals surface area (Å²) in [7, 11) is 0. The number of nitrogens with two attached hydrogens (primary N) is 1. The Morgan fingerprint density at radius 1 is 0.500 bits per heavy atom. The van der Waals surface area contributed by atoms with Crippen LogP contribution >= 0.6 is 0 Å². The van der Waals surface area contributed by atoms with Crippen molar-refractivity contribution in [2.75, 3.05) is 13.1 Å². The highest BCUT2D eigenvalue weighted by molar-refractivity contribution is 5.97. The third-order valence-electron chi connectivity index (χ3n) is 7.87. The second-order valence-electron chi connectivity index (χ2n) is 14.4. The molecule has 0 aliphatic heterocycles. The first kappa shape index (κ1) is 49.1. The van der Waals surface area contributed by atoms with Gasteiger partial charge in [0.25, 0.3) is 0 Å². The molecule has 8 atom stereocenters. The van der Waals surface area contributed by atoms with Gasteiger partial charge in [0.2, 0.25) is 47.3 Å². The van der Waals surface area contributed by atoms with Crippen LogP contribution in [0.25, 0.3) is 0 Å². The summed E-state index contributed by atoms with van der Waals surface area (Å²) in [5.74, 6) is -7.99. The van der Waals surface area contributed by atoms with Crippen LogP contribution in [-0.2, 0) is 43.2 Å². The van der Waals surface area contributed by atoms with E-state index < -0.39 is 114 Å². The van der Waals surface area contributed by atoms with E-state index in [2.05, 4.69) is 42.5 Å². The molecular weight excluding hydrogens is 710 g/mol. The van der Waals surface area contributed by atoms with E-state index in [1.54, 1.807) is 27.7 Å². The van der Waals surface area contributed by atoms with Gasteiger partial charge in [-0.15, -0.1) is 0 Å². The minimum absolute atomic E-state index is 0.0657. The minimum Gasteiger partial charge on any atom is -0.480 e. The molecule has 0 aromatic carbocycles. The number of carbonyl (C=O) groups excluding carboxylic acids is 8. The summed E-state index contributed by atoms with van der Waals surface area (Å²) < 4.78 is 0. The summed E-state index contributed by atoms with van der Waals surface area (Å²) >= 11 is 0. The monoisotopic (exact) mass is 771 g/mol. The van der Waals surface area contributed by atoms with Crippen LogP contribution in [0.15, 0.2) is 0 Å². The zero-order valence-corrected chi connectivity index (χ0v) is 32.8. The zero-order valence-electron chi connectivity index (χ0n) is 32.8. The zero-order chi connectivity index (χ0) is 42.0. The van der Waals surface area contributed by atoms with Gasteiger partial charge in [-0.1, -0.05) is 41.5 Å².